The van der Waals surface area contributed by atoms with Gasteiger partial charge in [0, 0.05) is 28.9 Å². The van der Waals surface area contributed by atoms with Crippen molar-refractivity contribution in [3.05, 3.63) is 69.6 Å². The molecule has 3 heterocycles. The van der Waals surface area contributed by atoms with Crippen molar-refractivity contribution in [3.63, 3.8) is 0 Å². The number of hydrogen-bond acceptors (Lipinski definition) is 4. The van der Waals surface area contributed by atoms with Gasteiger partial charge in [-0.25, -0.2) is 4.98 Å². The van der Waals surface area contributed by atoms with Crippen LogP contribution in [0.1, 0.15) is 11.1 Å². The van der Waals surface area contributed by atoms with E-state index in [2.05, 4.69) is 47.0 Å². The lowest BCUT2D eigenvalue weighted by Crippen LogP contribution is -2.09. The van der Waals surface area contributed by atoms with Crippen molar-refractivity contribution in [3.8, 4) is 22.5 Å². The standard InChI is InChI=1S/C19H15N3OS/c1-11-5-6-13(8-12(11)2)15-10-24-19-16(15)18(23)21-17(22-19)14-4-3-7-20-9-14/h3-10H,1-2H3,(H,21,22,23). The molecule has 4 rings (SSSR count). The molecular weight excluding hydrogens is 318 g/mol. The Kier molecular flexibility index (Phi) is 3.50. The Morgan fingerprint density at radius 3 is 2.71 bits per heavy atom. The van der Waals surface area contributed by atoms with Crippen molar-refractivity contribution in [2.45, 2.75) is 13.8 Å². The molecule has 1 aromatic carbocycles. The Balaban J connectivity index is 1.91. The van der Waals surface area contributed by atoms with E-state index in [-0.39, 0.29) is 5.56 Å². The SMILES string of the molecule is Cc1ccc(-c2csc3nc(-c4cccnc4)[nH]c(=O)c23)cc1C. The normalized spacial score (nSPS) is 11.1. The smallest absolute Gasteiger partial charge is 0.260 e. The van der Waals surface area contributed by atoms with E-state index in [1.165, 1.54) is 22.5 Å². The zero-order valence-corrected chi connectivity index (χ0v) is 14.1. The molecule has 118 valence electrons. The van der Waals surface area contributed by atoms with Gasteiger partial charge in [0.25, 0.3) is 5.56 Å². The summed E-state index contributed by atoms with van der Waals surface area (Å²) in [4.78, 5) is 25.0. The van der Waals surface area contributed by atoms with Gasteiger partial charge >= 0.3 is 0 Å². The molecule has 24 heavy (non-hydrogen) atoms. The molecule has 5 heteroatoms. The van der Waals surface area contributed by atoms with Crippen molar-refractivity contribution in [1.82, 2.24) is 15.0 Å². The fourth-order valence-corrected chi connectivity index (χ4v) is 3.66. The Morgan fingerprint density at radius 1 is 1.08 bits per heavy atom. The molecule has 4 aromatic rings. The van der Waals surface area contributed by atoms with Crippen molar-refractivity contribution in [1.29, 1.82) is 0 Å². The number of thiophene rings is 1. The van der Waals surface area contributed by atoms with Gasteiger partial charge in [-0.15, -0.1) is 11.3 Å². The van der Waals surface area contributed by atoms with Crippen LogP contribution in [-0.4, -0.2) is 15.0 Å². The van der Waals surface area contributed by atoms with Crippen molar-refractivity contribution in [2.75, 3.05) is 0 Å². The molecule has 0 saturated heterocycles. The number of aromatic nitrogens is 3. The summed E-state index contributed by atoms with van der Waals surface area (Å²) in [5.74, 6) is 0.550. The van der Waals surface area contributed by atoms with Gasteiger partial charge in [-0.1, -0.05) is 18.2 Å². The van der Waals surface area contributed by atoms with Crippen LogP contribution < -0.4 is 5.56 Å². The first kappa shape index (κ1) is 14.8. The first-order chi connectivity index (χ1) is 11.6. The van der Waals surface area contributed by atoms with Gasteiger partial charge in [-0.05, 0) is 42.7 Å². The summed E-state index contributed by atoms with van der Waals surface area (Å²) in [6.45, 7) is 4.16. The van der Waals surface area contributed by atoms with E-state index in [4.69, 9.17) is 0 Å². The van der Waals surface area contributed by atoms with E-state index < -0.39 is 0 Å². The number of aryl methyl sites for hydroxylation is 2. The second kappa shape index (κ2) is 5.69. The quantitative estimate of drug-likeness (QED) is 0.594. The number of aromatic amines is 1. The first-order valence-corrected chi connectivity index (χ1v) is 8.51. The fourth-order valence-electron chi connectivity index (χ4n) is 2.71. The number of benzene rings is 1. The highest BCUT2D eigenvalue weighted by molar-refractivity contribution is 7.17. The third-order valence-corrected chi connectivity index (χ3v) is 5.07. The van der Waals surface area contributed by atoms with Crippen LogP contribution in [0.5, 0.6) is 0 Å². The van der Waals surface area contributed by atoms with E-state index >= 15 is 0 Å². The van der Waals surface area contributed by atoms with Crippen LogP contribution >= 0.6 is 11.3 Å². The monoisotopic (exact) mass is 333 g/mol. The van der Waals surface area contributed by atoms with Gasteiger partial charge in [0.15, 0.2) is 0 Å². The van der Waals surface area contributed by atoms with Gasteiger partial charge in [0.1, 0.15) is 10.7 Å². The van der Waals surface area contributed by atoms with Crippen LogP contribution in [0.2, 0.25) is 0 Å². The molecule has 0 fully saturated rings. The highest BCUT2D eigenvalue weighted by Crippen LogP contribution is 2.32. The Hall–Kier alpha value is -2.79. The number of H-pyrrole nitrogens is 1. The maximum absolute atomic E-state index is 12.7. The molecular formula is C19H15N3OS. The van der Waals surface area contributed by atoms with Crippen LogP contribution in [0.3, 0.4) is 0 Å². The maximum atomic E-state index is 12.7. The van der Waals surface area contributed by atoms with Gasteiger partial charge in [-0.3, -0.25) is 9.78 Å². The second-order valence-corrected chi connectivity index (χ2v) is 6.64. The molecule has 0 aliphatic carbocycles. The van der Waals surface area contributed by atoms with Crippen molar-refractivity contribution in [2.24, 2.45) is 0 Å². The summed E-state index contributed by atoms with van der Waals surface area (Å²) in [6, 6.07) is 9.97. The number of pyridine rings is 1. The van der Waals surface area contributed by atoms with Crippen molar-refractivity contribution >= 4 is 21.6 Å². The summed E-state index contributed by atoms with van der Waals surface area (Å²) in [6.07, 6.45) is 3.39. The Labute approximate surface area is 142 Å². The molecule has 0 saturated carbocycles. The minimum Gasteiger partial charge on any atom is -0.306 e. The zero-order valence-electron chi connectivity index (χ0n) is 13.3. The highest BCUT2D eigenvalue weighted by Gasteiger charge is 2.14. The second-order valence-electron chi connectivity index (χ2n) is 5.78. The number of nitrogens with one attached hydrogen (secondary N) is 1. The summed E-state index contributed by atoms with van der Waals surface area (Å²) in [5, 5.41) is 2.65. The Morgan fingerprint density at radius 2 is 1.96 bits per heavy atom. The number of rotatable bonds is 2. The summed E-state index contributed by atoms with van der Waals surface area (Å²) < 4.78 is 0. The highest BCUT2D eigenvalue weighted by atomic mass is 32.1. The molecule has 0 aliphatic heterocycles. The largest absolute Gasteiger partial charge is 0.306 e. The minimum absolute atomic E-state index is 0.117. The molecule has 3 aromatic heterocycles. The fraction of sp³-hybridized carbons (Fsp3) is 0.105. The Bertz CT molecular complexity index is 1100. The third kappa shape index (κ3) is 2.43. The lowest BCUT2D eigenvalue weighted by Gasteiger charge is -2.05. The number of fused-ring (bicyclic) bond motifs is 1. The van der Waals surface area contributed by atoms with Gasteiger partial charge in [0.2, 0.25) is 0 Å². The summed E-state index contributed by atoms with van der Waals surface area (Å²) >= 11 is 1.49. The molecule has 0 unspecified atom stereocenters. The van der Waals surface area contributed by atoms with E-state index in [9.17, 15) is 4.79 Å². The maximum Gasteiger partial charge on any atom is 0.260 e. The number of hydrogen-bond donors (Lipinski definition) is 1. The minimum atomic E-state index is -0.117. The lowest BCUT2D eigenvalue weighted by atomic mass is 10.0. The van der Waals surface area contributed by atoms with Crippen molar-refractivity contribution < 1.29 is 0 Å². The molecule has 0 aliphatic rings. The summed E-state index contributed by atoms with van der Waals surface area (Å²) in [5.41, 5.74) is 5.12. The predicted octanol–water partition coefficient (Wildman–Crippen LogP) is 4.33. The molecule has 4 nitrogen and oxygen atoms in total. The predicted molar refractivity (Wildman–Crippen MR) is 98.4 cm³/mol. The van der Waals surface area contributed by atoms with Crippen LogP contribution in [-0.2, 0) is 0 Å². The van der Waals surface area contributed by atoms with Gasteiger partial charge < -0.3 is 4.98 Å². The van der Waals surface area contributed by atoms with E-state index in [1.54, 1.807) is 12.4 Å². The van der Waals surface area contributed by atoms with E-state index in [0.29, 0.717) is 11.2 Å². The topological polar surface area (TPSA) is 58.6 Å². The number of nitrogens with zero attached hydrogens (tertiary/aromatic N) is 2. The molecule has 0 atom stereocenters. The van der Waals surface area contributed by atoms with Gasteiger partial charge in [-0.2, -0.15) is 0 Å². The van der Waals surface area contributed by atoms with Crippen LogP contribution in [0.15, 0.2) is 52.9 Å². The summed E-state index contributed by atoms with van der Waals surface area (Å²) in [7, 11) is 0. The van der Waals surface area contributed by atoms with Gasteiger partial charge in [0.05, 0.1) is 5.39 Å². The molecule has 1 N–H and O–H groups in total. The van der Waals surface area contributed by atoms with E-state index in [1.807, 2.05) is 17.5 Å². The average Bonchev–Trinajstić information content (AvgIpc) is 3.03. The van der Waals surface area contributed by atoms with Crippen LogP contribution in [0, 0.1) is 13.8 Å². The molecule has 0 radical (unpaired) electrons. The first-order valence-electron chi connectivity index (χ1n) is 7.63. The van der Waals surface area contributed by atoms with E-state index in [0.717, 1.165) is 21.5 Å². The third-order valence-electron chi connectivity index (χ3n) is 4.20. The molecule has 0 bridgehead atoms. The van der Waals surface area contributed by atoms with Crippen LogP contribution in [0.4, 0.5) is 0 Å². The van der Waals surface area contributed by atoms with Crippen LogP contribution in [0.25, 0.3) is 32.7 Å². The zero-order chi connectivity index (χ0) is 16.7. The molecule has 0 spiro atoms. The lowest BCUT2D eigenvalue weighted by molar-refractivity contribution is 1.17. The molecule has 0 amide bonds. The average molecular weight is 333 g/mol.